The molecule has 0 N–H and O–H groups in total. The van der Waals surface area contributed by atoms with Crippen LogP contribution in [0.15, 0.2) is 51.5 Å². The van der Waals surface area contributed by atoms with Gasteiger partial charge in [0.15, 0.2) is 10.9 Å². The summed E-state index contributed by atoms with van der Waals surface area (Å²) in [5, 5.41) is 12.7. The second-order valence-electron chi connectivity index (χ2n) is 8.11. The van der Waals surface area contributed by atoms with Crippen LogP contribution >= 0.6 is 46.3 Å². The molecule has 3 aromatic heterocycles. The van der Waals surface area contributed by atoms with Gasteiger partial charge in [-0.15, -0.1) is 21.5 Å². The average Bonchev–Trinajstić information content (AvgIpc) is 3.68. The number of aromatic nitrogens is 4. The van der Waals surface area contributed by atoms with Gasteiger partial charge in [0.05, 0.1) is 29.3 Å². The molecule has 198 valence electrons. The van der Waals surface area contributed by atoms with Gasteiger partial charge in [-0.1, -0.05) is 35.0 Å². The van der Waals surface area contributed by atoms with E-state index in [-0.39, 0.29) is 12.0 Å². The van der Waals surface area contributed by atoms with Crippen LogP contribution in [0.1, 0.15) is 22.4 Å². The first-order valence-corrected chi connectivity index (χ1v) is 14.3. The number of thiazole rings is 1. The van der Waals surface area contributed by atoms with Gasteiger partial charge in [0, 0.05) is 36.6 Å². The van der Waals surface area contributed by atoms with Gasteiger partial charge in [-0.25, -0.2) is 9.78 Å². The number of amides is 2. The molecular weight excluding hydrogens is 571 g/mol. The quantitative estimate of drug-likeness (QED) is 0.259. The first-order chi connectivity index (χ1) is 18.4. The largest absolute Gasteiger partial charge is 0.461 e. The highest BCUT2D eigenvalue weighted by Gasteiger charge is 2.27. The molecule has 4 aromatic rings. The third-order valence-electron chi connectivity index (χ3n) is 5.71. The number of rotatable bonds is 7. The molecule has 0 saturated carbocycles. The SMILES string of the molecule is CCOC(=O)N1CCN(C(=O)c2csc(CSc3nnc(-c4ccco4)n3-c3ccc(Cl)cc3Cl)n2)CC1. The maximum absolute atomic E-state index is 13.0. The Balaban J connectivity index is 1.29. The highest BCUT2D eigenvalue weighted by molar-refractivity contribution is 7.98. The van der Waals surface area contributed by atoms with E-state index in [0.717, 1.165) is 5.01 Å². The lowest BCUT2D eigenvalue weighted by atomic mass is 10.3. The third-order valence-corrected chi connectivity index (χ3v) is 8.22. The molecule has 1 aliphatic rings. The minimum absolute atomic E-state index is 0.155. The zero-order valence-electron chi connectivity index (χ0n) is 20.2. The number of carbonyl (C=O) groups is 2. The summed E-state index contributed by atoms with van der Waals surface area (Å²) in [6, 6.07) is 8.77. The summed E-state index contributed by atoms with van der Waals surface area (Å²) < 4.78 is 12.4. The minimum atomic E-state index is -0.351. The second kappa shape index (κ2) is 11.8. The van der Waals surface area contributed by atoms with Crippen molar-refractivity contribution in [2.24, 2.45) is 0 Å². The lowest BCUT2D eigenvalue weighted by Gasteiger charge is -2.33. The fourth-order valence-electron chi connectivity index (χ4n) is 3.88. The number of halogens is 2. The van der Waals surface area contributed by atoms with Gasteiger partial charge in [0.25, 0.3) is 5.91 Å². The van der Waals surface area contributed by atoms with Gasteiger partial charge in [-0.2, -0.15) is 0 Å². The lowest BCUT2D eigenvalue weighted by molar-refractivity contribution is 0.0566. The molecule has 14 heteroatoms. The topological polar surface area (TPSA) is 107 Å². The number of nitrogens with zero attached hydrogens (tertiary/aromatic N) is 6. The van der Waals surface area contributed by atoms with Crippen LogP contribution < -0.4 is 0 Å². The predicted octanol–water partition coefficient (Wildman–Crippen LogP) is 5.50. The Kier molecular flexibility index (Phi) is 8.22. The average molecular weight is 594 g/mol. The summed E-state index contributed by atoms with van der Waals surface area (Å²) in [6.07, 6.45) is 1.21. The van der Waals surface area contributed by atoms with Crippen molar-refractivity contribution in [3.63, 3.8) is 0 Å². The maximum atomic E-state index is 13.0. The number of furan rings is 1. The van der Waals surface area contributed by atoms with Crippen LogP contribution in [-0.4, -0.2) is 74.3 Å². The Bertz CT molecular complexity index is 1430. The number of benzene rings is 1. The van der Waals surface area contributed by atoms with E-state index < -0.39 is 0 Å². The Morgan fingerprint density at radius 1 is 1.13 bits per heavy atom. The van der Waals surface area contributed by atoms with Crippen LogP contribution in [0, 0.1) is 0 Å². The summed E-state index contributed by atoms with van der Waals surface area (Å²) in [5.41, 5.74) is 1.04. The van der Waals surface area contributed by atoms with Crippen LogP contribution in [-0.2, 0) is 10.5 Å². The molecule has 0 bridgehead atoms. The van der Waals surface area contributed by atoms with Crippen LogP contribution in [0.3, 0.4) is 0 Å². The van der Waals surface area contributed by atoms with Gasteiger partial charge >= 0.3 is 6.09 Å². The maximum Gasteiger partial charge on any atom is 0.409 e. The fraction of sp³-hybridized carbons (Fsp3) is 0.292. The van der Waals surface area contributed by atoms with Crippen molar-refractivity contribution in [3.8, 4) is 17.3 Å². The zero-order valence-corrected chi connectivity index (χ0v) is 23.3. The molecular formula is C24H22Cl2N6O4S2. The van der Waals surface area contributed by atoms with Crippen LogP contribution in [0.5, 0.6) is 0 Å². The molecule has 1 fully saturated rings. The van der Waals surface area contributed by atoms with Crippen molar-refractivity contribution in [1.29, 1.82) is 0 Å². The van der Waals surface area contributed by atoms with E-state index in [1.165, 1.54) is 23.1 Å². The van der Waals surface area contributed by atoms with Crippen molar-refractivity contribution < 1.29 is 18.7 Å². The molecule has 4 heterocycles. The third kappa shape index (κ3) is 5.68. The van der Waals surface area contributed by atoms with Crippen molar-refractivity contribution in [1.82, 2.24) is 29.5 Å². The second-order valence-corrected chi connectivity index (χ2v) is 10.8. The molecule has 0 radical (unpaired) electrons. The van der Waals surface area contributed by atoms with Crippen molar-refractivity contribution in [2.45, 2.75) is 17.8 Å². The normalized spacial score (nSPS) is 13.7. The molecule has 38 heavy (non-hydrogen) atoms. The van der Waals surface area contributed by atoms with Gasteiger partial charge in [-0.3, -0.25) is 9.36 Å². The van der Waals surface area contributed by atoms with E-state index in [1.807, 2.05) is 4.57 Å². The summed E-state index contributed by atoms with van der Waals surface area (Å²) in [7, 11) is 0. The molecule has 1 aliphatic heterocycles. The number of hydrogen-bond acceptors (Lipinski definition) is 9. The number of hydrogen-bond donors (Lipinski definition) is 0. The molecule has 10 nitrogen and oxygen atoms in total. The van der Waals surface area contributed by atoms with E-state index >= 15 is 0 Å². The van der Waals surface area contributed by atoms with E-state index in [9.17, 15) is 9.59 Å². The van der Waals surface area contributed by atoms with E-state index in [1.54, 1.807) is 58.7 Å². The first-order valence-electron chi connectivity index (χ1n) is 11.7. The van der Waals surface area contributed by atoms with E-state index in [2.05, 4.69) is 15.2 Å². The molecule has 0 spiro atoms. The van der Waals surface area contributed by atoms with Gasteiger partial charge in [-0.05, 0) is 37.3 Å². The fourth-order valence-corrected chi connectivity index (χ4v) is 6.10. The molecule has 1 aromatic carbocycles. The number of thioether (sulfide) groups is 1. The summed E-state index contributed by atoms with van der Waals surface area (Å²) in [6.45, 7) is 3.81. The highest BCUT2D eigenvalue weighted by atomic mass is 35.5. The summed E-state index contributed by atoms with van der Waals surface area (Å²) in [5.74, 6) is 1.35. The Morgan fingerprint density at radius 3 is 2.63 bits per heavy atom. The van der Waals surface area contributed by atoms with Gasteiger partial charge in [0.1, 0.15) is 10.7 Å². The van der Waals surface area contributed by atoms with Crippen molar-refractivity contribution >= 4 is 58.3 Å². The molecule has 0 aliphatic carbocycles. The van der Waals surface area contributed by atoms with Crippen molar-refractivity contribution in [3.05, 3.63) is 62.7 Å². The molecule has 0 unspecified atom stereocenters. The van der Waals surface area contributed by atoms with Gasteiger partial charge < -0.3 is 19.0 Å². The Morgan fingerprint density at radius 2 is 1.92 bits per heavy atom. The lowest BCUT2D eigenvalue weighted by Crippen LogP contribution is -2.50. The van der Waals surface area contributed by atoms with Gasteiger partial charge in [0.2, 0.25) is 5.82 Å². The number of piperazine rings is 1. The predicted molar refractivity (Wildman–Crippen MR) is 145 cm³/mol. The monoisotopic (exact) mass is 592 g/mol. The zero-order chi connectivity index (χ0) is 26.6. The van der Waals surface area contributed by atoms with Crippen LogP contribution in [0.2, 0.25) is 10.0 Å². The number of carbonyl (C=O) groups excluding carboxylic acids is 2. The summed E-state index contributed by atoms with van der Waals surface area (Å²) >= 11 is 15.4. The van der Waals surface area contributed by atoms with Crippen LogP contribution in [0.4, 0.5) is 4.79 Å². The summed E-state index contributed by atoms with van der Waals surface area (Å²) in [4.78, 5) is 32.8. The number of ether oxygens (including phenoxy) is 1. The standard InChI is InChI=1S/C24H22Cl2N6O4S2/c1-2-35-24(34)31-9-7-30(8-10-31)22(33)17-13-37-20(27-17)14-38-23-29-28-21(19-4-3-11-36-19)32(23)18-6-5-15(25)12-16(18)26/h3-6,11-13H,2,7-10,14H2,1H3. The Hall–Kier alpha value is -3.06. The first kappa shape index (κ1) is 26.5. The molecule has 1 saturated heterocycles. The molecule has 5 rings (SSSR count). The minimum Gasteiger partial charge on any atom is -0.461 e. The smallest absolute Gasteiger partial charge is 0.409 e. The molecule has 0 atom stereocenters. The highest BCUT2D eigenvalue weighted by Crippen LogP contribution is 2.34. The molecule has 2 amide bonds. The van der Waals surface area contributed by atoms with E-state index in [4.69, 9.17) is 32.4 Å². The van der Waals surface area contributed by atoms with Crippen LogP contribution in [0.25, 0.3) is 17.3 Å². The van der Waals surface area contributed by atoms with E-state index in [0.29, 0.717) is 76.7 Å². The Labute approximate surface area is 236 Å². The van der Waals surface area contributed by atoms with Crippen molar-refractivity contribution in [2.75, 3.05) is 32.8 Å².